The molecule has 0 spiro atoms. The Balaban J connectivity index is 0.000000980. The fraction of sp³-hybridized carbons (Fsp3) is 0.700. The van der Waals surface area contributed by atoms with Crippen LogP contribution in [0.4, 0.5) is 0 Å². The molecule has 1 aliphatic rings. The topological polar surface area (TPSA) is 43.8 Å². The average molecular weight is 252 g/mol. The van der Waals surface area contributed by atoms with E-state index in [4.69, 9.17) is 5.73 Å². The first-order chi connectivity index (χ1) is 6.31. The molecule has 0 amide bonds. The van der Waals surface area contributed by atoms with Crippen molar-refractivity contribution in [1.82, 2.24) is 9.78 Å². The lowest BCUT2D eigenvalue weighted by Gasteiger charge is -2.08. The summed E-state index contributed by atoms with van der Waals surface area (Å²) in [5, 5.41) is 4.50. The Hall–Kier alpha value is -0.250. The largest absolute Gasteiger partial charge is 0.326 e. The van der Waals surface area contributed by atoms with Gasteiger partial charge in [0.05, 0.1) is 11.7 Å². The fourth-order valence-electron chi connectivity index (χ4n) is 2.08. The molecule has 0 unspecified atom stereocenters. The van der Waals surface area contributed by atoms with Gasteiger partial charge in [0.15, 0.2) is 0 Å². The van der Waals surface area contributed by atoms with Crippen molar-refractivity contribution in [2.45, 2.75) is 45.2 Å². The summed E-state index contributed by atoms with van der Waals surface area (Å²) in [6, 6.07) is 0.638. The highest BCUT2D eigenvalue weighted by atomic mass is 35.5. The highest BCUT2D eigenvalue weighted by Gasteiger charge is 2.18. The third-order valence-electron chi connectivity index (χ3n) is 2.94. The van der Waals surface area contributed by atoms with Crippen molar-refractivity contribution in [1.29, 1.82) is 0 Å². The lowest BCUT2D eigenvalue weighted by molar-refractivity contribution is 0.464. The van der Waals surface area contributed by atoms with E-state index in [0.29, 0.717) is 12.6 Å². The van der Waals surface area contributed by atoms with E-state index in [1.807, 2.05) is 6.92 Å². The number of nitrogens with zero attached hydrogens (tertiary/aromatic N) is 2. The van der Waals surface area contributed by atoms with Gasteiger partial charge in [-0.2, -0.15) is 5.10 Å². The van der Waals surface area contributed by atoms with Crippen LogP contribution in [0, 0.1) is 6.92 Å². The zero-order valence-corrected chi connectivity index (χ0v) is 10.6. The molecule has 1 heterocycles. The molecule has 0 bridgehead atoms. The van der Waals surface area contributed by atoms with Gasteiger partial charge in [0.2, 0.25) is 0 Å². The van der Waals surface area contributed by atoms with Gasteiger partial charge in [-0.05, 0) is 19.8 Å². The van der Waals surface area contributed by atoms with Crippen molar-refractivity contribution in [2.75, 3.05) is 0 Å². The second-order valence-corrected chi connectivity index (χ2v) is 3.86. The van der Waals surface area contributed by atoms with E-state index in [1.165, 1.54) is 31.2 Å². The molecule has 2 N–H and O–H groups in total. The molecule has 88 valence electrons. The third kappa shape index (κ3) is 3.10. The molecule has 0 aliphatic heterocycles. The Bertz CT molecular complexity index is 293. The van der Waals surface area contributed by atoms with E-state index in [9.17, 15) is 0 Å². The van der Waals surface area contributed by atoms with Gasteiger partial charge in [-0.25, -0.2) is 0 Å². The molecule has 15 heavy (non-hydrogen) atoms. The molecule has 0 aromatic carbocycles. The number of nitrogens with two attached hydrogens (primary N) is 1. The van der Waals surface area contributed by atoms with Crippen LogP contribution in [-0.4, -0.2) is 9.78 Å². The molecule has 5 heteroatoms. The van der Waals surface area contributed by atoms with E-state index in [-0.39, 0.29) is 24.8 Å². The van der Waals surface area contributed by atoms with Gasteiger partial charge < -0.3 is 5.73 Å². The van der Waals surface area contributed by atoms with Gasteiger partial charge in [-0.15, -0.1) is 24.8 Å². The third-order valence-corrected chi connectivity index (χ3v) is 2.94. The first-order valence-corrected chi connectivity index (χ1v) is 5.06. The average Bonchev–Trinajstić information content (AvgIpc) is 2.71. The van der Waals surface area contributed by atoms with Crippen LogP contribution < -0.4 is 5.73 Å². The summed E-state index contributed by atoms with van der Waals surface area (Å²) in [6.45, 7) is 2.65. The molecule has 1 aromatic rings. The molecule has 3 nitrogen and oxygen atoms in total. The van der Waals surface area contributed by atoms with E-state index in [2.05, 4.69) is 16.0 Å². The van der Waals surface area contributed by atoms with E-state index in [0.717, 1.165) is 5.69 Å². The van der Waals surface area contributed by atoms with Gasteiger partial charge in [-0.1, -0.05) is 12.8 Å². The lowest BCUT2D eigenvalue weighted by Crippen LogP contribution is -2.05. The summed E-state index contributed by atoms with van der Waals surface area (Å²) in [5.74, 6) is 0. The predicted octanol–water partition coefficient (Wildman–Crippen LogP) is 2.61. The lowest BCUT2D eigenvalue weighted by atomic mass is 10.2. The second-order valence-electron chi connectivity index (χ2n) is 3.86. The van der Waals surface area contributed by atoms with E-state index in [1.54, 1.807) is 0 Å². The standard InChI is InChI=1S/C10H17N3.2ClH/c1-8-9(6-11)7-13(12-8)10-4-2-3-5-10;;/h7,10H,2-6,11H2,1H3;2*1H. The van der Waals surface area contributed by atoms with Crippen molar-refractivity contribution >= 4 is 24.8 Å². The first-order valence-electron chi connectivity index (χ1n) is 5.06. The van der Waals surface area contributed by atoms with Crippen molar-refractivity contribution in [2.24, 2.45) is 5.73 Å². The van der Waals surface area contributed by atoms with Crippen LogP contribution in [0.5, 0.6) is 0 Å². The molecule has 1 aromatic heterocycles. The van der Waals surface area contributed by atoms with Gasteiger partial charge in [0.1, 0.15) is 0 Å². The van der Waals surface area contributed by atoms with Crippen LogP contribution in [0.15, 0.2) is 6.20 Å². The SMILES string of the molecule is Cc1nn(C2CCCC2)cc1CN.Cl.Cl. The van der Waals surface area contributed by atoms with Crippen molar-refractivity contribution in [3.63, 3.8) is 0 Å². The smallest absolute Gasteiger partial charge is 0.0638 e. The minimum absolute atomic E-state index is 0. The minimum Gasteiger partial charge on any atom is -0.326 e. The maximum atomic E-state index is 5.61. The molecule has 0 atom stereocenters. The highest BCUT2D eigenvalue weighted by Crippen LogP contribution is 2.29. The van der Waals surface area contributed by atoms with Crippen molar-refractivity contribution < 1.29 is 0 Å². The molecule has 1 fully saturated rings. The zero-order valence-electron chi connectivity index (χ0n) is 8.98. The number of aromatic nitrogens is 2. The quantitative estimate of drug-likeness (QED) is 0.879. The summed E-state index contributed by atoms with van der Waals surface area (Å²) < 4.78 is 2.12. The van der Waals surface area contributed by atoms with Crippen LogP contribution in [-0.2, 0) is 6.54 Å². The zero-order chi connectivity index (χ0) is 9.26. The van der Waals surface area contributed by atoms with Crippen molar-refractivity contribution in [3.8, 4) is 0 Å². The summed E-state index contributed by atoms with van der Waals surface area (Å²) >= 11 is 0. The summed E-state index contributed by atoms with van der Waals surface area (Å²) in [6.07, 6.45) is 7.38. The summed E-state index contributed by atoms with van der Waals surface area (Å²) in [5.41, 5.74) is 7.89. The Morgan fingerprint density at radius 2 is 2.00 bits per heavy atom. The Morgan fingerprint density at radius 1 is 1.40 bits per heavy atom. The molecular weight excluding hydrogens is 233 g/mol. The highest BCUT2D eigenvalue weighted by molar-refractivity contribution is 5.85. The van der Waals surface area contributed by atoms with E-state index >= 15 is 0 Å². The molecule has 1 aliphatic carbocycles. The molecule has 0 saturated heterocycles. The minimum atomic E-state index is 0. The summed E-state index contributed by atoms with van der Waals surface area (Å²) in [4.78, 5) is 0. The number of halogens is 2. The van der Waals surface area contributed by atoms with Crippen molar-refractivity contribution in [3.05, 3.63) is 17.5 Å². The van der Waals surface area contributed by atoms with Gasteiger partial charge in [0, 0.05) is 18.3 Å². The molecule has 0 radical (unpaired) electrons. The number of aryl methyl sites for hydroxylation is 1. The summed E-state index contributed by atoms with van der Waals surface area (Å²) in [7, 11) is 0. The maximum Gasteiger partial charge on any atom is 0.0638 e. The maximum absolute atomic E-state index is 5.61. The molecule has 2 rings (SSSR count). The van der Waals surface area contributed by atoms with Gasteiger partial charge in [-0.3, -0.25) is 4.68 Å². The van der Waals surface area contributed by atoms with Crippen LogP contribution >= 0.6 is 24.8 Å². The van der Waals surface area contributed by atoms with Gasteiger partial charge in [0.25, 0.3) is 0 Å². The number of rotatable bonds is 2. The fourth-order valence-corrected chi connectivity index (χ4v) is 2.08. The monoisotopic (exact) mass is 251 g/mol. The van der Waals surface area contributed by atoms with Crippen LogP contribution in [0.2, 0.25) is 0 Å². The first kappa shape index (κ1) is 14.8. The Morgan fingerprint density at radius 3 is 2.47 bits per heavy atom. The van der Waals surface area contributed by atoms with Crippen LogP contribution in [0.1, 0.15) is 43.0 Å². The van der Waals surface area contributed by atoms with Crippen LogP contribution in [0.25, 0.3) is 0 Å². The molecule has 1 saturated carbocycles. The second kappa shape index (κ2) is 6.36. The predicted molar refractivity (Wildman–Crippen MR) is 66.9 cm³/mol. The normalized spacial score (nSPS) is 15.9. The number of hydrogen-bond acceptors (Lipinski definition) is 2. The molecular formula is C10H19Cl2N3. The van der Waals surface area contributed by atoms with E-state index < -0.39 is 0 Å². The number of hydrogen-bond donors (Lipinski definition) is 1. The Labute approximate surface area is 103 Å². The Kier molecular flexibility index (Phi) is 6.25. The van der Waals surface area contributed by atoms with Gasteiger partial charge >= 0.3 is 0 Å². The van der Waals surface area contributed by atoms with Crippen LogP contribution in [0.3, 0.4) is 0 Å².